The number of benzene rings is 1. The number of halogens is 2. The molecular weight excluding hydrogens is 327 g/mol. The number of anilines is 1. The molecule has 1 heterocycles. The van der Waals surface area contributed by atoms with E-state index in [0.717, 1.165) is 4.47 Å². The van der Waals surface area contributed by atoms with E-state index in [4.69, 9.17) is 9.47 Å². The summed E-state index contributed by atoms with van der Waals surface area (Å²) in [6.45, 7) is 0.327. The van der Waals surface area contributed by atoms with Crippen LogP contribution >= 0.6 is 15.9 Å². The topological polar surface area (TPSA) is 43.4 Å². The Morgan fingerprint density at radius 2 is 2.05 bits per heavy atom. The third-order valence-electron chi connectivity index (χ3n) is 2.74. The first kappa shape index (κ1) is 14.6. The van der Waals surface area contributed by atoms with Crippen molar-refractivity contribution in [3.63, 3.8) is 0 Å². The van der Waals surface area contributed by atoms with Crippen LogP contribution in [0.4, 0.5) is 10.1 Å². The number of hydrogen-bond acceptors (Lipinski definition) is 4. The standard InChI is InChI=1S/C14H14BrFN2O2/c1-19-13-5-6-17-12(14(13)20-2)8-18-11-7-9(15)3-4-10(11)16/h3-7,18H,8H2,1-2H3. The summed E-state index contributed by atoms with van der Waals surface area (Å²) >= 11 is 3.31. The van der Waals surface area contributed by atoms with Gasteiger partial charge in [0, 0.05) is 16.7 Å². The number of aromatic nitrogens is 1. The van der Waals surface area contributed by atoms with Gasteiger partial charge in [0.05, 0.1) is 26.5 Å². The Hall–Kier alpha value is -1.82. The van der Waals surface area contributed by atoms with Crippen LogP contribution in [0.3, 0.4) is 0 Å². The summed E-state index contributed by atoms with van der Waals surface area (Å²) in [7, 11) is 3.10. The minimum absolute atomic E-state index is 0.324. The highest BCUT2D eigenvalue weighted by atomic mass is 79.9. The Balaban J connectivity index is 2.20. The van der Waals surface area contributed by atoms with Gasteiger partial charge in [0.25, 0.3) is 0 Å². The monoisotopic (exact) mass is 340 g/mol. The summed E-state index contributed by atoms with van der Waals surface area (Å²) in [5, 5.41) is 2.99. The highest BCUT2D eigenvalue weighted by Crippen LogP contribution is 2.30. The number of methoxy groups -OCH3 is 2. The van der Waals surface area contributed by atoms with Crippen molar-refractivity contribution in [3.8, 4) is 11.5 Å². The minimum atomic E-state index is -0.324. The molecule has 1 aromatic heterocycles. The zero-order chi connectivity index (χ0) is 14.5. The number of pyridine rings is 1. The molecule has 0 aliphatic heterocycles. The fourth-order valence-electron chi connectivity index (χ4n) is 1.79. The third-order valence-corrected chi connectivity index (χ3v) is 3.23. The number of nitrogens with zero attached hydrogens (tertiary/aromatic N) is 1. The van der Waals surface area contributed by atoms with Gasteiger partial charge >= 0.3 is 0 Å². The maximum Gasteiger partial charge on any atom is 0.184 e. The molecule has 106 valence electrons. The molecule has 0 saturated carbocycles. The number of nitrogens with one attached hydrogen (secondary N) is 1. The first-order chi connectivity index (χ1) is 9.65. The lowest BCUT2D eigenvalue weighted by molar-refractivity contribution is 0.350. The summed E-state index contributed by atoms with van der Waals surface area (Å²) in [6.07, 6.45) is 1.62. The maximum atomic E-state index is 13.6. The number of ether oxygens (including phenoxy) is 2. The summed E-state index contributed by atoms with van der Waals surface area (Å²) in [4.78, 5) is 4.22. The molecule has 0 fully saturated rings. The van der Waals surface area contributed by atoms with E-state index in [0.29, 0.717) is 29.4 Å². The fraction of sp³-hybridized carbons (Fsp3) is 0.214. The average molecular weight is 341 g/mol. The molecular formula is C14H14BrFN2O2. The van der Waals surface area contributed by atoms with Gasteiger partial charge in [0.2, 0.25) is 0 Å². The van der Waals surface area contributed by atoms with Crippen LogP contribution in [0, 0.1) is 5.82 Å². The van der Waals surface area contributed by atoms with Crippen LogP contribution in [-0.2, 0) is 6.54 Å². The van der Waals surface area contributed by atoms with Crippen LogP contribution in [0.15, 0.2) is 34.9 Å². The van der Waals surface area contributed by atoms with Crippen molar-refractivity contribution in [1.82, 2.24) is 4.98 Å². The van der Waals surface area contributed by atoms with Crippen LogP contribution < -0.4 is 14.8 Å². The van der Waals surface area contributed by atoms with E-state index < -0.39 is 0 Å². The molecule has 0 amide bonds. The molecule has 0 aliphatic carbocycles. The van der Waals surface area contributed by atoms with Gasteiger partial charge in [-0.05, 0) is 18.2 Å². The normalized spacial score (nSPS) is 10.2. The molecule has 6 heteroatoms. The van der Waals surface area contributed by atoms with Crippen molar-refractivity contribution in [2.24, 2.45) is 0 Å². The Kier molecular flexibility index (Phi) is 4.79. The van der Waals surface area contributed by atoms with Crippen molar-refractivity contribution in [3.05, 3.63) is 46.4 Å². The van der Waals surface area contributed by atoms with Crippen LogP contribution in [0.1, 0.15) is 5.69 Å². The Morgan fingerprint density at radius 3 is 2.75 bits per heavy atom. The average Bonchev–Trinajstić information content (AvgIpc) is 2.47. The predicted octanol–water partition coefficient (Wildman–Crippen LogP) is 3.61. The molecule has 0 spiro atoms. The van der Waals surface area contributed by atoms with Crippen molar-refractivity contribution in [2.45, 2.75) is 6.54 Å². The van der Waals surface area contributed by atoms with Gasteiger partial charge < -0.3 is 14.8 Å². The molecule has 2 aromatic rings. The molecule has 0 bridgehead atoms. The fourth-order valence-corrected chi connectivity index (χ4v) is 2.15. The third kappa shape index (κ3) is 3.19. The van der Waals surface area contributed by atoms with E-state index in [1.807, 2.05) is 0 Å². The number of rotatable bonds is 5. The Morgan fingerprint density at radius 1 is 1.25 bits per heavy atom. The lowest BCUT2D eigenvalue weighted by Crippen LogP contribution is -2.06. The first-order valence-corrected chi connectivity index (χ1v) is 6.69. The van der Waals surface area contributed by atoms with Crippen LogP contribution in [0.5, 0.6) is 11.5 Å². The zero-order valence-corrected chi connectivity index (χ0v) is 12.7. The molecule has 0 aliphatic rings. The highest BCUT2D eigenvalue weighted by Gasteiger charge is 2.11. The lowest BCUT2D eigenvalue weighted by atomic mass is 10.2. The van der Waals surface area contributed by atoms with Gasteiger partial charge in [0.15, 0.2) is 11.5 Å². The van der Waals surface area contributed by atoms with Crippen LogP contribution in [0.25, 0.3) is 0 Å². The van der Waals surface area contributed by atoms with E-state index >= 15 is 0 Å². The summed E-state index contributed by atoms with van der Waals surface area (Å²) in [5.41, 5.74) is 1.04. The molecule has 20 heavy (non-hydrogen) atoms. The van der Waals surface area contributed by atoms with Crippen LogP contribution in [-0.4, -0.2) is 19.2 Å². The molecule has 0 radical (unpaired) electrons. The Bertz CT molecular complexity index is 608. The second kappa shape index (κ2) is 6.56. The van der Waals surface area contributed by atoms with Crippen molar-refractivity contribution in [2.75, 3.05) is 19.5 Å². The predicted molar refractivity (Wildman–Crippen MR) is 78.8 cm³/mol. The van der Waals surface area contributed by atoms with Crippen molar-refractivity contribution < 1.29 is 13.9 Å². The van der Waals surface area contributed by atoms with E-state index in [1.54, 1.807) is 38.6 Å². The first-order valence-electron chi connectivity index (χ1n) is 5.90. The second-order valence-electron chi connectivity index (χ2n) is 3.97. The zero-order valence-electron chi connectivity index (χ0n) is 11.1. The molecule has 0 atom stereocenters. The molecule has 2 rings (SSSR count). The lowest BCUT2D eigenvalue weighted by Gasteiger charge is -2.13. The van der Waals surface area contributed by atoms with Crippen LogP contribution in [0.2, 0.25) is 0 Å². The van der Waals surface area contributed by atoms with Gasteiger partial charge in [0.1, 0.15) is 11.5 Å². The summed E-state index contributed by atoms with van der Waals surface area (Å²) in [6, 6.07) is 6.41. The summed E-state index contributed by atoms with van der Waals surface area (Å²) < 4.78 is 24.9. The Labute approximate surface area is 125 Å². The van der Waals surface area contributed by atoms with E-state index in [1.165, 1.54) is 6.07 Å². The number of hydrogen-bond donors (Lipinski definition) is 1. The van der Waals surface area contributed by atoms with Gasteiger partial charge in [-0.25, -0.2) is 4.39 Å². The minimum Gasteiger partial charge on any atom is -0.493 e. The van der Waals surface area contributed by atoms with Gasteiger partial charge in [-0.15, -0.1) is 0 Å². The molecule has 4 nitrogen and oxygen atoms in total. The SMILES string of the molecule is COc1ccnc(CNc2cc(Br)ccc2F)c1OC. The van der Waals surface area contributed by atoms with Gasteiger partial charge in [-0.2, -0.15) is 0 Å². The largest absolute Gasteiger partial charge is 0.493 e. The quantitative estimate of drug-likeness (QED) is 0.902. The highest BCUT2D eigenvalue weighted by molar-refractivity contribution is 9.10. The van der Waals surface area contributed by atoms with E-state index in [9.17, 15) is 4.39 Å². The molecule has 0 saturated heterocycles. The molecule has 0 unspecified atom stereocenters. The van der Waals surface area contributed by atoms with E-state index in [2.05, 4.69) is 26.2 Å². The maximum absolute atomic E-state index is 13.6. The van der Waals surface area contributed by atoms with Gasteiger partial charge in [-0.1, -0.05) is 15.9 Å². The van der Waals surface area contributed by atoms with Crippen molar-refractivity contribution in [1.29, 1.82) is 0 Å². The smallest absolute Gasteiger partial charge is 0.184 e. The van der Waals surface area contributed by atoms with Gasteiger partial charge in [-0.3, -0.25) is 4.98 Å². The summed E-state index contributed by atoms with van der Waals surface area (Å²) in [5.74, 6) is 0.807. The molecule has 1 N–H and O–H groups in total. The second-order valence-corrected chi connectivity index (χ2v) is 4.89. The van der Waals surface area contributed by atoms with E-state index in [-0.39, 0.29) is 5.82 Å². The molecule has 1 aromatic carbocycles. The van der Waals surface area contributed by atoms with Crippen molar-refractivity contribution >= 4 is 21.6 Å².